The first-order valence-corrected chi connectivity index (χ1v) is 12.3. The molecule has 5 rings (SSSR count). The molecule has 0 saturated heterocycles. The summed E-state index contributed by atoms with van der Waals surface area (Å²) < 4.78 is 0. The number of aromatic hydroxyl groups is 1. The Bertz CT molecular complexity index is 1360. The third-order valence-corrected chi connectivity index (χ3v) is 7.17. The highest BCUT2D eigenvalue weighted by Gasteiger charge is 2.21. The predicted molar refractivity (Wildman–Crippen MR) is 139 cm³/mol. The SMILES string of the molecule is Cc1ccccc1CN1CCc2cc(-c3nc(NC(=O)Cc4cccc(O)c4)sc3C)ccc21. The van der Waals surface area contributed by atoms with Crippen molar-refractivity contribution in [2.75, 3.05) is 16.8 Å². The maximum absolute atomic E-state index is 12.5. The number of nitrogens with zero attached hydrogens (tertiary/aromatic N) is 2. The molecule has 1 aromatic heterocycles. The topological polar surface area (TPSA) is 65.5 Å². The van der Waals surface area contributed by atoms with Crippen LogP contribution in [-0.2, 0) is 24.2 Å². The summed E-state index contributed by atoms with van der Waals surface area (Å²) >= 11 is 1.49. The molecule has 0 saturated carbocycles. The van der Waals surface area contributed by atoms with Crippen molar-refractivity contribution in [3.8, 4) is 17.0 Å². The molecule has 0 atom stereocenters. The van der Waals surface area contributed by atoms with Crippen molar-refractivity contribution in [1.29, 1.82) is 0 Å². The smallest absolute Gasteiger partial charge is 0.230 e. The Balaban J connectivity index is 1.30. The minimum atomic E-state index is -0.147. The fourth-order valence-electron chi connectivity index (χ4n) is 4.51. The molecule has 1 amide bonds. The average Bonchev–Trinajstić information content (AvgIpc) is 3.37. The van der Waals surface area contributed by atoms with Crippen LogP contribution in [0.4, 0.5) is 10.8 Å². The number of anilines is 2. The van der Waals surface area contributed by atoms with E-state index in [1.807, 2.05) is 13.0 Å². The number of carbonyl (C=O) groups is 1. The van der Waals surface area contributed by atoms with Gasteiger partial charge in [-0.3, -0.25) is 4.79 Å². The molecule has 2 heterocycles. The summed E-state index contributed by atoms with van der Waals surface area (Å²) in [6.07, 6.45) is 1.21. The van der Waals surface area contributed by atoms with Crippen molar-refractivity contribution in [1.82, 2.24) is 4.98 Å². The van der Waals surface area contributed by atoms with E-state index in [4.69, 9.17) is 4.98 Å². The molecule has 5 nitrogen and oxygen atoms in total. The molecule has 4 aromatic rings. The van der Waals surface area contributed by atoms with Crippen LogP contribution in [0.5, 0.6) is 5.75 Å². The molecule has 6 heteroatoms. The zero-order valence-corrected chi connectivity index (χ0v) is 20.2. The van der Waals surface area contributed by atoms with Crippen molar-refractivity contribution in [2.45, 2.75) is 33.2 Å². The molecule has 1 aliphatic rings. The van der Waals surface area contributed by atoms with E-state index in [0.717, 1.165) is 41.2 Å². The molecule has 34 heavy (non-hydrogen) atoms. The van der Waals surface area contributed by atoms with Crippen LogP contribution in [-0.4, -0.2) is 22.5 Å². The number of hydrogen-bond acceptors (Lipinski definition) is 5. The standard InChI is InChI=1S/C28H27N3O2S/c1-18-6-3-4-8-23(18)17-31-13-12-21-16-22(10-11-25(21)31)27-19(2)34-28(30-27)29-26(33)15-20-7-5-9-24(32)14-20/h3-11,14,16,32H,12-13,15,17H2,1-2H3,(H,29,30,33). The van der Waals surface area contributed by atoms with Gasteiger partial charge in [-0.05, 0) is 66.8 Å². The highest BCUT2D eigenvalue weighted by Crippen LogP contribution is 2.36. The summed E-state index contributed by atoms with van der Waals surface area (Å²) in [7, 11) is 0. The number of carbonyl (C=O) groups excluding carboxylic acids is 1. The minimum Gasteiger partial charge on any atom is -0.508 e. The second-order valence-electron chi connectivity index (χ2n) is 8.76. The minimum absolute atomic E-state index is 0.147. The third-order valence-electron chi connectivity index (χ3n) is 6.29. The Labute approximate surface area is 203 Å². The predicted octanol–water partition coefficient (Wildman–Crippen LogP) is 5.88. The van der Waals surface area contributed by atoms with Crippen LogP contribution in [0.1, 0.15) is 27.1 Å². The van der Waals surface area contributed by atoms with E-state index >= 15 is 0 Å². The largest absolute Gasteiger partial charge is 0.508 e. The van der Waals surface area contributed by atoms with E-state index < -0.39 is 0 Å². The van der Waals surface area contributed by atoms with Crippen LogP contribution in [0.25, 0.3) is 11.3 Å². The Morgan fingerprint density at radius 2 is 1.94 bits per heavy atom. The average molecular weight is 470 g/mol. The van der Waals surface area contributed by atoms with Crippen molar-refractivity contribution >= 4 is 28.1 Å². The molecule has 0 spiro atoms. The van der Waals surface area contributed by atoms with Crippen LogP contribution in [0.2, 0.25) is 0 Å². The lowest BCUT2D eigenvalue weighted by atomic mass is 10.1. The number of phenolic OH excluding ortho intramolecular Hbond substituents is 1. The van der Waals surface area contributed by atoms with Gasteiger partial charge < -0.3 is 15.3 Å². The molecule has 172 valence electrons. The molecule has 0 unspecified atom stereocenters. The van der Waals surface area contributed by atoms with Gasteiger partial charge in [0.15, 0.2) is 5.13 Å². The first-order valence-electron chi connectivity index (χ1n) is 11.4. The van der Waals surface area contributed by atoms with Gasteiger partial charge in [-0.2, -0.15) is 0 Å². The zero-order chi connectivity index (χ0) is 23.7. The first kappa shape index (κ1) is 22.2. The summed E-state index contributed by atoms with van der Waals surface area (Å²) in [4.78, 5) is 20.7. The highest BCUT2D eigenvalue weighted by atomic mass is 32.1. The maximum atomic E-state index is 12.5. The number of amides is 1. The lowest BCUT2D eigenvalue weighted by Crippen LogP contribution is -2.20. The van der Waals surface area contributed by atoms with E-state index in [9.17, 15) is 9.90 Å². The Morgan fingerprint density at radius 1 is 1.09 bits per heavy atom. The number of aromatic nitrogens is 1. The van der Waals surface area contributed by atoms with Gasteiger partial charge in [0.2, 0.25) is 5.91 Å². The molecule has 0 radical (unpaired) electrons. The Hall–Kier alpha value is -3.64. The van der Waals surface area contributed by atoms with Gasteiger partial charge in [-0.15, -0.1) is 11.3 Å². The molecule has 3 aromatic carbocycles. The molecule has 0 fully saturated rings. The number of aryl methyl sites for hydroxylation is 2. The van der Waals surface area contributed by atoms with Crippen molar-refractivity contribution in [3.05, 3.63) is 93.9 Å². The second kappa shape index (κ2) is 9.31. The number of hydrogen-bond donors (Lipinski definition) is 2. The summed E-state index contributed by atoms with van der Waals surface area (Å²) in [5.74, 6) is 0.0125. The third kappa shape index (κ3) is 4.68. The van der Waals surface area contributed by atoms with E-state index in [-0.39, 0.29) is 18.1 Å². The summed E-state index contributed by atoms with van der Waals surface area (Å²) in [5, 5.41) is 13.1. The van der Waals surface area contributed by atoms with Gasteiger partial charge in [-0.25, -0.2) is 4.98 Å². The van der Waals surface area contributed by atoms with Gasteiger partial charge in [0.25, 0.3) is 0 Å². The van der Waals surface area contributed by atoms with Crippen LogP contribution < -0.4 is 10.2 Å². The molecule has 0 aliphatic carbocycles. The highest BCUT2D eigenvalue weighted by molar-refractivity contribution is 7.16. The molecule has 1 aliphatic heterocycles. The van der Waals surface area contributed by atoms with Gasteiger partial charge in [-0.1, -0.05) is 42.5 Å². The molecular formula is C28H27N3O2S. The second-order valence-corrected chi connectivity index (χ2v) is 9.96. The fourth-order valence-corrected chi connectivity index (χ4v) is 5.36. The summed E-state index contributed by atoms with van der Waals surface area (Å²) in [5.41, 5.74) is 8.08. The maximum Gasteiger partial charge on any atom is 0.230 e. The summed E-state index contributed by atoms with van der Waals surface area (Å²) in [6.45, 7) is 6.14. The normalized spacial score (nSPS) is 12.6. The van der Waals surface area contributed by atoms with Crippen molar-refractivity contribution in [2.24, 2.45) is 0 Å². The van der Waals surface area contributed by atoms with Crippen LogP contribution >= 0.6 is 11.3 Å². The van der Waals surface area contributed by atoms with E-state index in [1.165, 1.54) is 33.7 Å². The van der Waals surface area contributed by atoms with E-state index in [2.05, 4.69) is 59.6 Å². The van der Waals surface area contributed by atoms with Gasteiger partial charge in [0.05, 0.1) is 12.1 Å². The van der Waals surface area contributed by atoms with E-state index in [1.54, 1.807) is 18.2 Å². The Kier molecular flexibility index (Phi) is 6.07. The number of benzene rings is 3. The Morgan fingerprint density at radius 3 is 2.76 bits per heavy atom. The monoisotopic (exact) mass is 469 g/mol. The number of rotatable bonds is 6. The molecular weight excluding hydrogens is 442 g/mol. The lowest BCUT2D eigenvalue weighted by molar-refractivity contribution is -0.115. The van der Waals surface area contributed by atoms with Crippen LogP contribution in [0.15, 0.2) is 66.7 Å². The summed E-state index contributed by atoms with van der Waals surface area (Å²) in [6, 6.07) is 21.9. The van der Waals surface area contributed by atoms with Gasteiger partial charge in [0, 0.05) is 29.2 Å². The number of thiazole rings is 1. The quantitative estimate of drug-likeness (QED) is 0.370. The fraction of sp³-hybridized carbons (Fsp3) is 0.214. The number of phenols is 1. The first-order chi connectivity index (χ1) is 16.5. The zero-order valence-electron chi connectivity index (χ0n) is 19.3. The molecule has 2 N–H and O–H groups in total. The van der Waals surface area contributed by atoms with Gasteiger partial charge >= 0.3 is 0 Å². The molecule has 0 bridgehead atoms. The van der Waals surface area contributed by atoms with Crippen LogP contribution in [0.3, 0.4) is 0 Å². The van der Waals surface area contributed by atoms with Crippen molar-refractivity contribution in [3.63, 3.8) is 0 Å². The van der Waals surface area contributed by atoms with E-state index in [0.29, 0.717) is 5.13 Å². The van der Waals surface area contributed by atoms with Gasteiger partial charge in [0.1, 0.15) is 5.75 Å². The number of fused-ring (bicyclic) bond motifs is 1. The number of nitrogens with one attached hydrogen (secondary N) is 1. The van der Waals surface area contributed by atoms with Crippen LogP contribution in [0, 0.1) is 13.8 Å². The lowest BCUT2D eigenvalue weighted by Gasteiger charge is -2.20. The van der Waals surface area contributed by atoms with Crippen molar-refractivity contribution < 1.29 is 9.90 Å².